The first-order valence-electron chi connectivity index (χ1n) is 4.42. The molecule has 0 aliphatic rings. The molecule has 0 rings (SSSR count). The summed E-state index contributed by atoms with van der Waals surface area (Å²) in [6.07, 6.45) is 0. The van der Waals surface area contributed by atoms with E-state index in [1.54, 1.807) is 0 Å². The summed E-state index contributed by atoms with van der Waals surface area (Å²) in [7, 11) is 0. The number of nitrogens with two attached hydrogens (primary N) is 1. The number of hydrogen-bond acceptors (Lipinski definition) is 2. The van der Waals surface area contributed by atoms with Gasteiger partial charge in [0.05, 0.1) is 6.61 Å². The Morgan fingerprint density at radius 2 is 1.82 bits per heavy atom. The molecule has 0 fully saturated rings. The molecule has 11 heavy (non-hydrogen) atoms. The highest BCUT2D eigenvalue weighted by Gasteiger charge is 2.15. The molecule has 0 saturated carbocycles. The van der Waals surface area contributed by atoms with Crippen LogP contribution in [0.25, 0.3) is 0 Å². The Labute approximate surface area is 70.1 Å². The van der Waals surface area contributed by atoms with Crippen molar-refractivity contribution in [2.24, 2.45) is 17.6 Å². The van der Waals surface area contributed by atoms with E-state index in [2.05, 4.69) is 20.8 Å². The van der Waals surface area contributed by atoms with Gasteiger partial charge >= 0.3 is 0 Å². The van der Waals surface area contributed by atoms with E-state index in [-0.39, 0.29) is 6.04 Å². The van der Waals surface area contributed by atoms with Gasteiger partial charge in [0.1, 0.15) is 0 Å². The van der Waals surface area contributed by atoms with E-state index in [1.165, 1.54) is 0 Å². The topological polar surface area (TPSA) is 35.2 Å². The fourth-order valence-electron chi connectivity index (χ4n) is 0.900. The maximum Gasteiger partial charge on any atom is 0.0620 e. The molecule has 0 bridgehead atoms. The Bertz CT molecular complexity index is 93.6. The zero-order valence-corrected chi connectivity index (χ0v) is 8.13. The summed E-state index contributed by atoms with van der Waals surface area (Å²) in [6, 6.07) is 0.190. The summed E-state index contributed by atoms with van der Waals surface area (Å²) in [5.74, 6) is 1.19. The van der Waals surface area contributed by atoms with Crippen molar-refractivity contribution in [2.75, 3.05) is 13.2 Å². The Hall–Kier alpha value is -0.0800. The van der Waals surface area contributed by atoms with E-state index < -0.39 is 0 Å². The highest BCUT2D eigenvalue weighted by atomic mass is 16.5. The summed E-state index contributed by atoms with van der Waals surface area (Å²) in [6.45, 7) is 10.0. The van der Waals surface area contributed by atoms with E-state index in [0.29, 0.717) is 18.4 Å². The molecule has 0 aromatic carbocycles. The first-order valence-corrected chi connectivity index (χ1v) is 4.42. The number of hydrogen-bond donors (Lipinski definition) is 1. The van der Waals surface area contributed by atoms with Crippen LogP contribution in [0.15, 0.2) is 0 Å². The molecular weight excluding hydrogens is 138 g/mol. The molecule has 0 spiro atoms. The molecule has 0 aliphatic carbocycles. The van der Waals surface area contributed by atoms with E-state index >= 15 is 0 Å². The minimum absolute atomic E-state index is 0.190. The first-order chi connectivity index (χ1) is 5.09. The van der Waals surface area contributed by atoms with Crippen LogP contribution in [0.5, 0.6) is 0 Å². The van der Waals surface area contributed by atoms with Crippen molar-refractivity contribution >= 4 is 0 Å². The van der Waals surface area contributed by atoms with E-state index in [4.69, 9.17) is 10.5 Å². The standard InChI is InChI=1S/C9H21NO/c1-5-11-6-9(10)8(4)7(2)3/h7-9H,5-6,10H2,1-4H3. The van der Waals surface area contributed by atoms with Crippen molar-refractivity contribution in [1.82, 2.24) is 0 Å². The third-order valence-electron chi connectivity index (χ3n) is 2.24. The van der Waals surface area contributed by atoms with Crippen molar-refractivity contribution in [3.05, 3.63) is 0 Å². The van der Waals surface area contributed by atoms with Crippen LogP contribution in [-0.4, -0.2) is 19.3 Å². The maximum absolute atomic E-state index is 5.88. The number of rotatable bonds is 5. The van der Waals surface area contributed by atoms with E-state index in [9.17, 15) is 0 Å². The molecule has 2 nitrogen and oxygen atoms in total. The predicted molar refractivity (Wildman–Crippen MR) is 48.5 cm³/mol. The third kappa shape index (κ3) is 4.38. The Kier molecular flexibility index (Phi) is 5.51. The molecule has 68 valence electrons. The fourth-order valence-corrected chi connectivity index (χ4v) is 0.900. The first kappa shape index (κ1) is 10.9. The van der Waals surface area contributed by atoms with Crippen LogP contribution in [0, 0.1) is 11.8 Å². The predicted octanol–water partition coefficient (Wildman–Crippen LogP) is 1.64. The molecular formula is C9H21NO. The highest BCUT2D eigenvalue weighted by Crippen LogP contribution is 2.12. The minimum atomic E-state index is 0.190. The van der Waals surface area contributed by atoms with E-state index in [1.807, 2.05) is 6.92 Å². The highest BCUT2D eigenvalue weighted by molar-refractivity contribution is 4.70. The number of ether oxygens (including phenoxy) is 1. The van der Waals surface area contributed by atoms with Gasteiger partial charge in [0.2, 0.25) is 0 Å². The molecule has 0 saturated heterocycles. The molecule has 2 N–H and O–H groups in total. The SMILES string of the molecule is CCOCC(N)C(C)C(C)C. The van der Waals surface area contributed by atoms with Gasteiger partial charge in [-0.2, -0.15) is 0 Å². The molecule has 2 unspecified atom stereocenters. The van der Waals surface area contributed by atoms with Gasteiger partial charge in [0, 0.05) is 12.6 Å². The van der Waals surface area contributed by atoms with Gasteiger partial charge in [-0.3, -0.25) is 0 Å². The molecule has 0 aromatic rings. The lowest BCUT2D eigenvalue weighted by Gasteiger charge is -2.22. The van der Waals surface area contributed by atoms with Gasteiger partial charge < -0.3 is 10.5 Å². The van der Waals surface area contributed by atoms with Crippen LogP contribution < -0.4 is 5.73 Å². The Morgan fingerprint density at radius 1 is 1.27 bits per heavy atom. The monoisotopic (exact) mass is 159 g/mol. The Morgan fingerprint density at radius 3 is 2.18 bits per heavy atom. The maximum atomic E-state index is 5.88. The van der Waals surface area contributed by atoms with Gasteiger partial charge in [-0.25, -0.2) is 0 Å². The summed E-state index contributed by atoms with van der Waals surface area (Å²) in [4.78, 5) is 0. The third-order valence-corrected chi connectivity index (χ3v) is 2.24. The van der Waals surface area contributed by atoms with Gasteiger partial charge in [-0.15, -0.1) is 0 Å². The van der Waals surface area contributed by atoms with Crippen molar-refractivity contribution in [1.29, 1.82) is 0 Å². The van der Waals surface area contributed by atoms with Gasteiger partial charge in [-0.05, 0) is 18.8 Å². The summed E-state index contributed by atoms with van der Waals surface area (Å²) in [5.41, 5.74) is 5.88. The summed E-state index contributed by atoms with van der Waals surface area (Å²) >= 11 is 0. The van der Waals surface area contributed by atoms with Crippen molar-refractivity contribution in [2.45, 2.75) is 33.7 Å². The smallest absolute Gasteiger partial charge is 0.0620 e. The second kappa shape index (κ2) is 5.56. The molecule has 0 aromatic heterocycles. The lowest BCUT2D eigenvalue weighted by molar-refractivity contribution is 0.110. The second-order valence-corrected chi connectivity index (χ2v) is 3.43. The van der Waals surface area contributed by atoms with Crippen LogP contribution in [0.4, 0.5) is 0 Å². The van der Waals surface area contributed by atoms with Crippen molar-refractivity contribution < 1.29 is 4.74 Å². The van der Waals surface area contributed by atoms with Crippen molar-refractivity contribution in [3.63, 3.8) is 0 Å². The quantitative estimate of drug-likeness (QED) is 0.662. The van der Waals surface area contributed by atoms with Gasteiger partial charge in [0.25, 0.3) is 0 Å². The van der Waals surface area contributed by atoms with Crippen LogP contribution in [-0.2, 0) is 4.74 Å². The molecule has 0 amide bonds. The zero-order chi connectivity index (χ0) is 8.85. The van der Waals surface area contributed by atoms with Crippen LogP contribution >= 0.6 is 0 Å². The zero-order valence-electron chi connectivity index (χ0n) is 8.13. The summed E-state index contributed by atoms with van der Waals surface area (Å²) in [5, 5.41) is 0. The molecule has 2 atom stereocenters. The average molecular weight is 159 g/mol. The average Bonchev–Trinajstić information content (AvgIpc) is 1.98. The summed E-state index contributed by atoms with van der Waals surface area (Å²) < 4.78 is 5.24. The lowest BCUT2D eigenvalue weighted by Crippen LogP contribution is -2.35. The van der Waals surface area contributed by atoms with Crippen molar-refractivity contribution in [3.8, 4) is 0 Å². The normalized spacial score (nSPS) is 16.9. The largest absolute Gasteiger partial charge is 0.380 e. The lowest BCUT2D eigenvalue weighted by atomic mass is 9.91. The van der Waals surface area contributed by atoms with Gasteiger partial charge in [-0.1, -0.05) is 20.8 Å². The fraction of sp³-hybridized carbons (Fsp3) is 1.00. The second-order valence-electron chi connectivity index (χ2n) is 3.43. The van der Waals surface area contributed by atoms with Crippen LogP contribution in [0.2, 0.25) is 0 Å². The van der Waals surface area contributed by atoms with Crippen LogP contribution in [0.1, 0.15) is 27.7 Å². The molecule has 2 heteroatoms. The Balaban J connectivity index is 3.55. The van der Waals surface area contributed by atoms with Gasteiger partial charge in [0.15, 0.2) is 0 Å². The van der Waals surface area contributed by atoms with Crippen LogP contribution in [0.3, 0.4) is 0 Å². The molecule has 0 heterocycles. The van der Waals surface area contributed by atoms with E-state index in [0.717, 1.165) is 6.61 Å². The molecule has 0 aliphatic heterocycles. The minimum Gasteiger partial charge on any atom is -0.380 e. The molecule has 0 radical (unpaired) electrons.